The summed E-state index contributed by atoms with van der Waals surface area (Å²) in [6, 6.07) is 9.63. The summed E-state index contributed by atoms with van der Waals surface area (Å²) in [7, 11) is 0. The summed E-state index contributed by atoms with van der Waals surface area (Å²) in [4.78, 5) is 11.2. The van der Waals surface area contributed by atoms with Gasteiger partial charge in [0.1, 0.15) is 11.6 Å². The number of allylic oxidation sites excluding steroid dienone is 1. The van der Waals surface area contributed by atoms with Gasteiger partial charge in [0, 0.05) is 31.0 Å². The first-order chi connectivity index (χ1) is 13.4. The molecule has 2 aromatic rings. The molecular formula is C22H27N5O. The molecule has 1 aliphatic rings. The Morgan fingerprint density at radius 2 is 2.04 bits per heavy atom. The van der Waals surface area contributed by atoms with E-state index in [1.54, 1.807) is 18.3 Å². The summed E-state index contributed by atoms with van der Waals surface area (Å²) >= 11 is 0. The van der Waals surface area contributed by atoms with Crippen LogP contribution < -0.4 is 10.1 Å². The van der Waals surface area contributed by atoms with Gasteiger partial charge >= 0.3 is 0 Å². The van der Waals surface area contributed by atoms with E-state index in [1.165, 1.54) is 5.56 Å². The highest BCUT2D eigenvalue weighted by Crippen LogP contribution is 2.33. The number of hydrogen-bond donors (Lipinski definition) is 1. The third-order valence-electron chi connectivity index (χ3n) is 4.83. The zero-order valence-electron chi connectivity index (χ0n) is 16.8. The van der Waals surface area contributed by atoms with E-state index in [0.717, 1.165) is 31.6 Å². The van der Waals surface area contributed by atoms with Crippen molar-refractivity contribution in [2.75, 3.05) is 18.4 Å². The number of anilines is 2. The number of nitriles is 1. The van der Waals surface area contributed by atoms with Gasteiger partial charge in [0.15, 0.2) is 0 Å². The van der Waals surface area contributed by atoms with Gasteiger partial charge in [-0.3, -0.25) is 0 Å². The lowest BCUT2D eigenvalue weighted by atomic mass is 9.89. The smallest absolute Gasteiger partial charge is 0.215 e. The molecule has 0 aromatic carbocycles. The van der Waals surface area contributed by atoms with Gasteiger partial charge in [-0.2, -0.15) is 10.2 Å². The highest BCUT2D eigenvalue weighted by atomic mass is 16.5. The molecule has 3 rings (SSSR count). The van der Waals surface area contributed by atoms with Crippen LogP contribution in [-0.4, -0.2) is 34.1 Å². The van der Waals surface area contributed by atoms with Crippen molar-refractivity contribution in [3.8, 4) is 11.9 Å². The number of rotatable bonds is 6. The Bertz CT molecular complexity index is 879. The van der Waals surface area contributed by atoms with Gasteiger partial charge in [0.2, 0.25) is 5.88 Å². The predicted octanol–water partition coefficient (Wildman–Crippen LogP) is 4.59. The van der Waals surface area contributed by atoms with E-state index >= 15 is 0 Å². The van der Waals surface area contributed by atoms with Crippen LogP contribution in [0.5, 0.6) is 5.88 Å². The lowest BCUT2D eigenvalue weighted by Gasteiger charge is -2.34. The van der Waals surface area contributed by atoms with E-state index in [1.807, 2.05) is 19.9 Å². The van der Waals surface area contributed by atoms with Gasteiger partial charge < -0.3 is 15.0 Å². The first-order valence-corrected chi connectivity index (χ1v) is 9.67. The number of likely N-dealkylation sites (tertiary alicyclic amines) is 1. The molecule has 0 saturated carbocycles. The Balaban J connectivity index is 1.84. The van der Waals surface area contributed by atoms with Crippen molar-refractivity contribution in [1.29, 1.82) is 5.26 Å². The molecule has 2 aromatic heterocycles. The minimum atomic E-state index is 0.0425. The van der Waals surface area contributed by atoms with Gasteiger partial charge in [-0.05, 0) is 63.3 Å². The van der Waals surface area contributed by atoms with Crippen LogP contribution in [0.1, 0.15) is 50.7 Å². The molecule has 6 heteroatoms. The van der Waals surface area contributed by atoms with Crippen LogP contribution >= 0.6 is 0 Å². The van der Waals surface area contributed by atoms with Gasteiger partial charge in [0.25, 0.3) is 0 Å². The number of piperidine rings is 1. The SMILES string of the molecule is C=C(C)N1CCC(c2cc(Nc3cc(C#N)ccn3)nc(OC(C)C)c2)CC1. The molecule has 0 radical (unpaired) electrons. The molecule has 0 unspecified atom stereocenters. The molecule has 1 aliphatic heterocycles. The summed E-state index contributed by atoms with van der Waals surface area (Å²) in [5, 5.41) is 12.3. The van der Waals surface area contributed by atoms with Crippen LogP contribution in [0.2, 0.25) is 0 Å². The molecule has 1 saturated heterocycles. The lowest BCUT2D eigenvalue weighted by molar-refractivity contribution is 0.231. The number of ether oxygens (including phenoxy) is 1. The maximum absolute atomic E-state index is 9.09. The third kappa shape index (κ3) is 5.01. The van der Waals surface area contributed by atoms with Crippen molar-refractivity contribution in [3.63, 3.8) is 0 Å². The molecule has 0 atom stereocenters. The van der Waals surface area contributed by atoms with Gasteiger partial charge in [-0.1, -0.05) is 6.58 Å². The van der Waals surface area contributed by atoms with E-state index in [4.69, 9.17) is 10.00 Å². The first kappa shape index (κ1) is 19.7. The molecule has 28 heavy (non-hydrogen) atoms. The monoisotopic (exact) mass is 377 g/mol. The molecule has 0 spiro atoms. The van der Waals surface area contributed by atoms with Crippen LogP contribution in [0.15, 0.2) is 42.7 Å². The zero-order valence-corrected chi connectivity index (χ0v) is 16.8. The van der Waals surface area contributed by atoms with Crippen LogP contribution in [0.25, 0.3) is 0 Å². The summed E-state index contributed by atoms with van der Waals surface area (Å²) < 4.78 is 5.88. The standard InChI is InChI=1S/C22H27N5O/c1-15(2)27-9-6-18(7-10-27)19-12-21(26-22(13-19)28-16(3)4)25-20-11-17(14-23)5-8-24-20/h5,8,11-13,16,18H,1,6-7,9-10H2,2-4H3,(H,24,25,26). The van der Waals surface area contributed by atoms with Gasteiger partial charge in [-0.15, -0.1) is 0 Å². The highest BCUT2D eigenvalue weighted by Gasteiger charge is 2.22. The van der Waals surface area contributed by atoms with Crippen molar-refractivity contribution in [1.82, 2.24) is 14.9 Å². The summed E-state index contributed by atoms with van der Waals surface area (Å²) in [5.74, 6) is 2.33. The highest BCUT2D eigenvalue weighted by molar-refractivity contribution is 5.56. The van der Waals surface area contributed by atoms with Crippen LogP contribution in [0.3, 0.4) is 0 Å². The van der Waals surface area contributed by atoms with Crippen molar-refractivity contribution < 1.29 is 4.74 Å². The average molecular weight is 377 g/mol. The predicted molar refractivity (Wildman–Crippen MR) is 111 cm³/mol. The van der Waals surface area contributed by atoms with E-state index in [-0.39, 0.29) is 6.10 Å². The molecular weight excluding hydrogens is 350 g/mol. The lowest BCUT2D eigenvalue weighted by Crippen LogP contribution is -2.31. The van der Waals surface area contributed by atoms with Crippen molar-refractivity contribution in [2.45, 2.75) is 45.6 Å². The molecule has 6 nitrogen and oxygen atoms in total. The molecule has 146 valence electrons. The van der Waals surface area contributed by atoms with E-state index in [0.29, 0.717) is 29.0 Å². The van der Waals surface area contributed by atoms with E-state index in [2.05, 4.69) is 45.8 Å². The van der Waals surface area contributed by atoms with E-state index < -0.39 is 0 Å². The number of nitrogens with one attached hydrogen (secondary N) is 1. The third-order valence-corrected chi connectivity index (χ3v) is 4.83. The fourth-order valence-electron chi connectivity index (χ4n) is 3.42. The minimum Gasteiger partial charge on any atom is -0.475 e. The second kappa shape index (κ2) is 8.75. The van der Waals surface area contributed by atoms with Gasteiger partial charge in [0.05, 0.1) is 17.7 Å². The quantitative estimate of drug-likeness (QED) is 0.793. The molecule has 1 fully saturated rings. The number of nitrogens with zero attached hydrogens (tertiary/aromatic N) is 4. The zero-order chi connectivity index (χ0) is 20.1. The van der Waals surface area contributed by atoms with Crippen molar-refractivity contribution >= 4 is 11.6 Å². The maximum Gasteiger partial charge on any atom is 0.215 e. The first-order valence-electron chi connectivity index (χ1n) is 9.67. The van der Waals surface area contributed by atoms with Crippen molar-refractivity contribution in [3.05, 3.63) is 53.9 Å². The minimum absolute atomic E-state index is 0.0425. The number of hydrogen-bond acceptors (Lipinski definition) is 6. The molecule has 0 amide bonds. The topological polar surface area (TPSA) is 74.1 Å². The van der Waals surface area contributed by atoms with Crippen molar-refractivity contribution in [2.24, 2.45) is 0 Å². The molecule has 0 aliphatic carbocycles. The second-order valence-electron chi connectivity index (χ2n) is 7.45. The molecule has 3 heterocycles. The molecule has 0 bridgehead atoms. The number of pyridine rings is 2. The Morgan fingerprint density at radius 1 is 1.29 bits per heavy atom. The Kier molecular flexibility index (Phi) is 6.15. The average Bonchev–Trinajstić information content (AvgIpc) is 2.67. The summed E-state index contributed by atoms with van der Waals surface area (Å²) in [6.45, 7) is 12.1. The fourth-order valence-corrected chi connectivity index (χ4v) is 3.42. The fraction of sp³-hybridized carbons (Fsp3) is 0.409. The summed E-state index contributed by atoms with van der Waals surface area (Å²) in [5.41, 5.74) is 2.90. The largest absolute Gasteiger partial charge is 0.475 e. The number of aromatic nitrogens is 2. The molecule has 1 N–H and O–H groups in total. The Hall–Kier alpha value is -3.07. The van der Waals surface area contributed by atoms with Crippen LogP contribution in [-0.2, 0) is 0 Å². The van der Waals surface area contributed by atoms with Gasteiger partial charge in [-0.25, -0.2) is 4.98 Å². The van der Waals surface area contributed by atoms with E-state index in [9.17, 15) is 0 Å². The maximum atomic E-state index is 9.09. The Morgan fingerprint density at radius 3 is 2.68 bits per heavy atom. The Labute approximate surface area is 166 Å². The van der Waals surface area contributed by atoms with Crippen LogP contribution in [0.4, 0.5) is 11.6 Å². The summed E-state index contributed by atoms with van der Waals surface area (Å²) in [6.07, 6.45) is 3.80. The normalized spacial score (nSPS) is 14.6. The van der Waals surface area contributed by atoms with Crippen LogP contribution in [0, 0.1) is 11.3 Å². The second-order valence-corrected chi connectivity index (χ2v) is 7.45.